The number of rotatable bonds is 2. The minimum atomic E-state index is 0.323. The van der Waals surface area contributed by atoms with Crippen LogP contribution in [0.3, 0.4) is 0 Å². The molecule has 0 radical (unpaired) electrons. The van der Waals surface area contributed by atoms with E-state index >= 15 is 0 Å². The summed E-state index contributed by atoms with van der Waals surface area (Å²) in [4.78, 5) is 4.45. The number of hydrogen-bond donors (Lipinski definition) is 1. The standard InChI is InChI=1S/C13H16N4S/c1-8-6-9(8)10-7-12-14-3-2-11(17(12)16-10)13-15-4-5-18-13/h4-5,7-9,11,14H,2-3,6H2,1H3. The van der Waals surface area contributed by atoms with Crippen molar-refractivity contribution in [2.45, 2.75) is 31.7 Å². The summed E-state index contributed by atoms with van der Waals surface area (Å²) in [5.74, 6) is 2.65. The smallest absolute Gasteiger partial charge is 0.125 e. The average molecular weight is 260 g/mol. The maximum Gasteiger partial charge on any atom is 0.125 e. The van der Waals surface area contributed by atoms with Gasteiger partial charge in [-0.05, 0) is 18.8 Å². The molecule has 18 heavy (non-hydrogen) atoms. The molecule has 0 saturated heterocycles. The van der Waals surface area contributed by atoms with Gasteiger partial charge in [0.15, 0.2) is 0 Å². The highest BCUT2D eigenvalue weighted by atomic mass is 32.1. The van der Waals surface area contributed by atoms with Crippen LogP contribution in [0, 0.1) is 5.92 Å². The zero-order valence-electron chi connectivity index (χ0n) is 10.3. The normalized spacial score (nSPS) is 29.7. The van der Waals surface area contributed by atoms with Crippen molar-refractivity contribution in [2.75, 3.05) is 11.9 Å². The number of nitrogens with zero attached hydrogens (tertiary/aromatic N) is 3. The summed E-state index contributed by atoms with van der Waals surface area (Å²) < 4.78 is 2.14. The summed E-state index contributed by atoms with van der Waals surface area (Å²) in [6.45, 7) is 3.31. The van der Waals surface area contributed by atoms with Crippen molar-refractivity contribution in [2.24, 2.45) is 5.92 Å². The van der Waals surface area contributed by atoms with E-state index in [4.69, 9.17) is 5.10 Å². The van der Waals surface area contributed by atoms with Gasteiger partial charge in [-0.2, -0.15) is 5.10 Å². The molecule has 1 N–H and O–H groups in total. The Morgan fingerprint density at radius 1 is 1.50 bits per heavy atom. The van der Waals surface area contributed by atoms with Gasteiger partial charge >= 0.3 is 0 Å². The Morgan fingerprint density at radius 2 is 2.39 bits per heavy atom. The first-order valence-electron chi connectivity index (χ1n) is 6.55. The lowest BCUT2D eigenvalue weighted by molar-refractivity contribution is 0.476. The minimum absolute atomic E-state index is 0.323. The van der Waals surface area contributed by atoms with Crippen molar-refractivity contribution >= 4 is 17.2 Å². The SMILES string of the molecule is CC1CC1c1cc2n(n1)C(c1nccs1)CCN2. The molecule has 94 valence electrons. The monoisotopic (exact) mass is 260 g/mol. The number of aromatic nitrogens is 3. The minimum Gasteiger partial charge on any atom is -0.370 e. The van der Waals surface area contributed by atoms with Crippen molar-refractivity contribution in [3.8, 4) is 0 Å². The van der Waals surface area contributed by atoms with Crippen molar-refractivity contribution in [3.63, 3.8) is 0 Å². The number of nitrogens with one attached hydrogen (secondary N) is 1. The van der Waals surface area contributed by atoms with Crippen molar-refractivity contribution < 1.29 is 0 Å². The molecule has 4 nitrogen and oxygen atoms in total. The highest BCUT2D eigenvalue weighted by Gasteiger charge is 2.37. The predicted molar refractivity (Wildman–Crippen MR) is 72.1 cm³/mol. The molecule has 2 aromatic rings. The van der Waals surface area contributed by atoms with E-state index in [9.17, 15) is 0 Å². The molecule has 0 spiro atoms. The van der Waals surface area contributed by atoms with Crippen LogP contribution in [0.5, 0.6) is 0 Å². The molecular formula is C13H16N4S. The molecule has 4 rings (SSSR count). The van der Waals surface area contributed by atoms with E-state index in [1.807, 2.05) is 11.6 Å². The maximum absolute atomic E-state index is 4.82. The van der Waals surface area contributed by atoms with Gasteiger partial charge in [-0.3, -0.25) is 0 Å². The predicted octanol–water partition coefficient (Wildman–Crippen LogP) is 2.87. The van der Waals surface area contributed by atoms with Crippen LogP contribution >= 0.6 is 11.3 Å². The van der Waals surface area contributed by atoms with Crippen LogP contribution in [-0.4, -0.2) is 21.3 Å². The van der Waals surface area contributed by atoms with Crippen molar-refractivity contribution in [3.05, 3.63) is 28.3 Å². The molecule has 5 heteroatoms. The van der Waals surface area contributed by atoms with Crippen LogP contribution in [0.2, 0.25) is 0 Å². The molecule has 0 amide bonds. The number of fused-ring (bicyclic) bond motifs is 1. The molecule has 0 aromatic carbocycles. The zero-order chi connectivity index (χ0) is 12.1. The summed E-state index contributed by atoms with van der Waals surface area (Å²) in [7, 11) is 0. The first kappa shape index (κ1) is 10.6. The fourth-order valence-electron chi connectivity index (χ4n) is 2.78. The Bertz CT molecular complexity index is 560. The molecule has 2 aliphatic rings. The first-order chi connectivity index (χ1) is 8.83. The maximum atomic E-state index is 4.82. The van der Waals surface area contributed by atoms with E-state index in [1.165, 1.54) is 17.1 Å². The van der Waals surface area contributed by atoms with Crippen LogP contribution in [0.4, 0.5) is 5.82 Å². The third-order valence-corrected chi connectivity index (χ3v) is 4.88. The summed E-state index contributed by atoms with van der Waals surface area (Å²) in [6.07, 6.45) is 4.25. The molecule has 3 unspecified atom stereocenters. The number of anilines is 1. The second-order valence-electron chi connectivity index (χ2n) is 5.32. The van der Waals surface area contributed by atoms with Crippen LogP contribution in [0.15, 0.2) is 17.6 Å². The Hall–Kier alpha value is -1.36. The Morgan fingerprint density at radius 3 is 3.11 bits per heavy atom. The van der Waals surface area contributed by atoms with Gasteiger partial charge in [0.05, 0.1) is 5.69 Å². The van der Waals surface area contributed by atoms with E-state index in [0.717, 1.165) is 24.7 Å². The van der Waals surface area contributed by atoms with E-state index in [0.29, 0.717) is 12.0 Å². The highest BCUT2D eigenvalue weighted by molar-refractivity contribution is 7.09. The summed E-state index contributed by atoms with van der Waals surface area (Å²) in [6, 6.07) is 2.55. The van der Waals surface area contributed by atoms with Crippen LogP contribution < -0.4 is 5.32 Å². The third-order valence-electron chi connectivity index (χ3n) is 4.00. The van der Waals surface area contributed by atoms with E-state index in [2.05, 4.69) is 28.0 Å². The molecule has 0 bridgehead atoms. The lowest BCUT2D eigenvalue weighted by Gasteiger charge is -2.23. The fraction of sp³-hybridized carbons (Fsp3) is 0.538. The number of hydrogen-bond acceptors (Lipinski definition) is 4. The van der Waals surface area contributed by atoms with Crippen LogP contribution in [-0.2, 0) is 0 Å². The van der Waals surface area contributed by atoms with Crippen molar-refractivity contribution in [1.82, 2.24) is 14.8 Å². The lowest BCUT2D eigenvalue weighted by Crippen LogP contribution is -2.24. The molecule has 1 aliphatic carbocycles. The zero-order valence-corrected chi connectivity index (χ0v) is 11.2. The Labute approximate surface area is 110 Å². The first-order valence-corrected chi connectivity index (χ1v) is 7.43. The van der Waals surface area contributed by atoms with E-state index in [-0.39, 0.29) is 0 Å². The topological polar surface area (TPSA) is 42.7 Å². The Balaban J connectivity index is 1.72. The molecule has 3 atom stereocenters. The largest absolute Gasteiger partial charge is 0.370 e. The van der Waals surface area contributed by atoms with E-state index in [1.54, 1.807) is 11.3 Å². The van der Waals surface area contributed by atoms with Gasteiger partial charge in [-0.25, -0.2) is 9.67 Å². The summed E-state index contributed by atoms with van der Waals surface area (Å²) in [5.41, 5.74) is 1.26. The quantitative estimate of drug-likeness (QED) is 0.903. The van der Waals surface area contributed by atoms with Crippen molar-refractivity contribution in [1.29, 1.82) is 0 Å². The lowest BCUT2D eigenvalue weighted by atomic mass is 10.2. The third kappa shape index (κ3) is 1.57. The van der Waals surface area contributed by atoms with E-state index < -0.39 is 0 Å². The fourth-order valence-corrected chi connectivity index (χ4v) is 3.54. The van der Waals surface area contributed by atoms with Crippen LogP contribution in [0.25, 0.3) is 0 Å². The highest BCUT2D eigenvalue weighted by Crippen LogP contribution is 2.47. The van der Waals surface area contributed by atoms with Gasteiger partial charge in [-0.1, -0.05) is 6.92 Å². The second kappa shape index (κ2) is 3.82. The van der Waals surface area contributed by atoms with Gasteiger partial charge < -0.3 is 5.32 Å². The van der Waals surface area contributed by atoms with Gasteiger partial charge in [0, 0.05) is 30.1 Å². The van der Waals surface area contributed by atoms with Gasteiger partial charge in [0.1, 0.15) is 16.9 Å². The molecule has 2 aromatic heterocycles. The van der Waals surface area contributed by atoms with Crippen LogP contribution in [0.1, 0.15) is 42.4 Å². The molecule has 1 saturated carbocycles. The average Bonchev–Trinajstić information content (AvgIpc) is 2.88. The second-order valence-corrected chi connectivity index (χ2v) is 6.25. The number of thiazole rings is 1. The molecular weight excluding hydrogens is 244 g/mol. The Kier molecular flexibility index (Phi) is 2.24. The molecule has 3 heterocycles. The van der Waals surface area contributed by atoms with Gasteiger partial charge in [0.25, 0.3) is 0 Å². The molecule has 1 aliphatic heterocycles. The summed E-state index contributed by atoms with van der Waals surface area (Å²) >= 11 is 1.73. The summed E-state index contributed by atoms with van der Waals surface area (Å²) in [5, 5.41) is 11.5. The van der Waals surface area contributed by atoms with Gasteiger partial charge in [0.2, 0.25) is 0 Å². The van der Waals surface area contributed by atoms with Gasteiger partial charge in [-0.15, -0.1) is 11.3 Å². The molecule has 1 fully saturated rings.